The van der Waals surface area contributed by atoms with Gasteiger partial charge in [-0.3, -0.25) is 4.79 Å². The molecule has 2 aromatic carbocycles. The van der Waals surface area contributed by atoms with E-state index in [4.69, 9.17) is 16.0 Å². The average molecular weight is 449 g/mol. The predicted octanol–water partition coefficient (Wildman–Crippen LogP) is 7.26. The van der Waals surface area contributed by atoms with Crippen molar-refractivity contribution >= 4 is 34.3 Å². The molecule has 0 aliphatic heterocycles. The highest BCUT2D eigenvalue weighted by atomic mass is 35.5. The summed E-state index contributed by atoms with van der Waals surface area (Å²) in [4.78, 5) is 17.8. The Morgan fingerprint density at radius 3 is 2.50 bits per heavy atom. The zero-order chi connectivity index (χ0) is 21.9. The summed E-state index contributed by atoms with van der Waals surface area (Å²) >= 11 is 6.46. The van der Waals surface area contributed by atoms with Crippen LogP contribution in [0, 0.1) is 23.2 Å². The number of nitrogens with zero attached hydrogens (tertiary/aromatic N) is 1. The van der Waals surface area contributed by atoms with Gasteiger partial charge in [-0.1, -0.05) is 24.6 Å². The molecule has 4 bridgehead atoms. The smallest absolute Gasteiger partial charge is 0.227 e. The second-order valence-electron chi connectivity index (χ2n) is 10.5. The largest absolute Gasteiger partial charge is 0.436 e. The van der Waals surface area contributed by atoms with Crippen molar-refractivity contribution in [1.29, 1.82) is 0 Å². The first-order chi connectivity index (χ1) is 15.5. The van der Waals surface area contributed by atoms with Crippen LogP contribution >= 0.6 is 11.6 Å². The summed E-state index contributed by atoms with van der Waals surface area (Å²) in [7, 11) is 0. The second-order valence-corrected chi connectivity index (χ2v) is 10.9. The monoisotopic (exact) mass is 448 g/mol. The molecule has 7 rings (SSSR count). The molecule has 0 radical (unpaired) electrons. The average Bonchev–Trinajstić information content (AvgIpc) is 3.17. The molecular formula is C27H29ClN2O2. The van der Waals surface area contributed by atoms with Crippen LogP contribution in [0.25, 0.3) is 22.6 Å². The van der Waals surface area contributed by atoms with Crippen LogP contribution in [0.1, 0.15) is 57.4 Å². The summed E-state index contributed by atoms with van der Waals surface area (Å²) in [6.45, 7) is 2.12. The summed E-state index contributed by atoms with van der Waals surface area (Å²) in [6.07, 6.45) is 9.41. The van der Waals surface area contributed by atoms with E-state index in [9.17, 15) is 4.79 Å². The van der Waals surface area contributed by atoms with Crippen molar-refractivity contribution < 1.29 is 9.21 Å². The summed E-state index contributed by atoms with van der Waals surface area (Å²) in [5.41, 5.74) is 4.50. The zero-order valence-electron chi connectivity index (χ0n) is 18.5. The number of fused-ring (bicyclic) bond motifs is 1. The molecule has 166 valence electrons. The van der Waals surface area contributed by atoms with E-state index in [2.05, 4.69) is 29.4 Å². The normalized spacial score (nSPS) is 28.4. The van der Waals surface area contributed by atoms with Gasteiger partial charge in [0.15, 0.2) is 5.58 Å². The number of benzene rings is 2. The van der Waals surface area contributed by atoms with Crippen LogP contribution in [0.4, 0.5) is 5.69 Å². The van der Waals surface area contributed by atoms with Gasteiger partial charge in [0, 0.05) is 12.0 Å². The fraction of sp³-hybridized carbons (Fsp3) is 0.481. The lowest BCUT2D eigenvalue weighted by Crippen LogP contribution is -2.47. The molecule has 4 aliphatic carbocycles. The first-order valence-electron chi connectivity index (χ1n) is 12.0. The number of aromatic nitrogens is 1. The molecule has 0 unspecified atom stereocenters. The Hall–Kier alpha value is -2.33. The zero-order valence-corrected chi connectivity index (χ0v) is 19.3. The Balaban J connectivity index is 1.22. The Kier molecular flexibility index (Phi) is 4.83. The van der Waals surface area contributed by atoms with E-state index in [0.717, 1.165) is 40.8 Å². The fourth-order valence-corrected chi connectivity index (χ4v) is 7.28. The highest BCUT2D eigenvalue weighted by molar-refractivity contribution is 6.33. The van der Waals surface area contributed by atoms with Crippen LogP contribution in [0.15, 0.2) is 40.8 Å². The molecule has 3 aromatic rings. The minimum atomic E-state index is 0.0798. The maximum Gasteiger partial charge on any atom is 0.227 e. The number of carbonyl (C=O) groups excluding carboxylic acids is 1. The number of nitrogens with one attached hydrogen (secondary N) is 1. The fourth-order valence-electron chi connectivity index (χ4n) is 7.11. The summed E-state index contributed by atoms with van der Waals surface area (Å²) < 4.78 is 5.98. The van der Waals surface area contributed by atoms with Gasteiger partial charge in [-0.2, -0.15) is 0 Å². The third kappa shape index (κ3) is 3.63. The van der Waals surface area contributed by atoms with E-state index in [1.807, 2.05) is 24.3 Å². The van der Waals surface area contributed by atoms with Crippen LogP contribution in [-0.4, -0.2) is 10.9 Å². The van der Waals surface area contributed by atoms with Crippen LogP contribution in [0.5, 0.6) is 0 Å². The molecule has 4 fully saturated rings. The Morgan fingerprint density at radius 2 is 1.81 bits per heavy atom. The van der Waals surface area contributed by atoms with Gasteiger partial charge in [-0.25, -0.2) is 4.98 Å². The quantitative estimate of drug-likeness (QED) is 0.447. The highest BCUT2D eigenvalue weighted by Crippen LogP contribution is 2.61. The minimum Gasteiger partial charge on any atom is -0.436 e. The number of hydrogen-bond acceptors (Lipinski definition) is 3. The molecule has 4 nitrogen and oxygen atoms in total. The van der Waals surface area contributed by atoms with E-state index in [1.54, 1.807) is 0 Å². The maximum absolute atomic E-state index is 13.1. The highest BCUT2D eigenvalue weighted by Gasteiger charge is 2.51. The van der Waals surface area contributed by atoms with Gasteiger partial charge < -0.3 is 9.73 Å². The number of halogens is 1. The molecule has 0 saturated heterocycles. The van der Waals surface area contributed by atoms with Crippen LogP contribution in [0.2, 0.25) is 5.02 Å². The van der Waals surface area contributed by atoms with Gasteiger partial charge in [0.2, 0.25) is 11.8 Å². The van der Waals surface area contributed by atoms with E-state index in [1.165, 1.54) is 44.1 Å². The third-order valence-electron chi connectivity index (χ3n) is 8.05. The number of anilines is 1. The SMILES string of the molecule is CCc1ccc2oc(-c3ccc(Cl)c(NC(=O)CC45CC6CC(CC(C6)C4)C5)c3)nc2c1. The summed E-state index contributed by atoms with van der Waals surface area (Å²) in [5, 5.41) is 3.65. The van der Waals surface area contributed by atoms with Gasteiger partial charge in [0.25, 0.3) is 0 Å². The Bertz CT molecular complexity index is 1160. The molecule has 1 heterocycles. The van der Waals surface area contributed by atoms with Crippen molar-refractivity contribution in [2.45, 2.75) is 58.3 Å². The first kappa shape index (κ1) is 20.3. The lowest BCUT2D eigenvalue weighted by Gasteiger charge is -2.56. The van der Waals surface area contributed by atoms with Crippen molar-refractivity contribution in [2.24, 2.45) is 23.2 Å². The molecule has 1 N–H and O–H groups in total. The lowest BCUT2D eigenvalue weighted by molar-refractivity contribution is -0.124. The predicted molar refractivity (Wildman–Crippen MR) is 128 cm³/mol. The number of amides is 1. The van der Waals surface area contributed by atoms with Gasteiger partial charge in [0.1, 0.15) is 5.52 Å². The number of oxazole rings is 1. The van der Waals surface area contributed by atoms with Gasteiger partial charge in [-0.15, -0.1) is 0 Å². The molecule has 4 saturated carbocycles. The topological polar surface area (TPSA) is 55.1 Å². The molecule has 1 aromatic heterocycles. The third-order valence-corrected chi connectivity index (χ3v) is 8.38. The standard InChI is InChI=1S/C27H29ClN2O2/c1-2-16-3-6-24-23(10-16)30-26(32-24)20-4-5-21(28)22(11-20)29-25(31)15-27-12-17-7-18(13-27)9-19(8-17)14-27/h3-6,10-11,17-19H,2,7-9,12-15H2,1H3,(H,29,31). The molecule has 4 aliphatic rings. The van der Waals surface area contributed by atoms with Crippen LogP contribution in [0.3, 0.4) is 0 Å². The van der Waals surface area contributed by atoms with Crippen molar-refractivity contribution in [3.8, 4) is 11.5 Å². The first-order valence-corrected chi connectivity index (χ1v) is 12.4. The van der Waals surface area contributed by atoms with E-state index in [0.29, 0.717) is 23.0 Å². The lowest BCUT2D eigenvalue weighted by atomic mass is 9.49. The molecule has 0 atom stereocenters. The minimum absolute atomic E-state index is 0.0798. The maximum atomic E-state index is 13.1. The Morgan fingerprint density at radius 1 is 1.09 bits per heavy atom. The van der Waals surface area contributed by atoms with E-state index < -0.39 is 0 Å². The number of hydrogen-bond donors (Lipinski definition) is 1. The Labute approximate surface area is 193 Å². The molecule has 32 heavy (non-hydrogen) atoms. The summed E-state index contributed by atoms with van der Waals surface area (Å²) in [5.74, 6) is 3.15. The second kappa shape index (κ2) is 7.62. The molecular weight excluding hydrogens is 420 g/mol. The number of rotatable bonds is 5. The van der Waals surface area contributed by atoms with Gasteiger partial charge in [-0.05, 0) is 104 Å². The van der Waals surface area contributed by atoms with E-state index >= 15 is 0 Å². The van der Waals surface area contributed by atoms with Crippen LogP contribution in [-0.2, 0) is 11.2 Å². The van der Waals surface area contributed by atoms with Crippen molar-refractivity contribution in [3.63, 3.8) is 0 Å². The van der Waals surface area contributed by atoms with Crippen molar-refractivity contribution in [3.05, 3.63) is 47.0 Å². The molecule has 1 amide bonds. The van der Waals surface area contributed by atoms with Crippen LogP contribution < -0.4 is 5.32 Å². The van der Waals surface area contributed by atoms with Crippen molar-refractivity contribution in [2.75, 3.05) is 5.32 Å². The summed E-state index contributed by atoms with van der Waals surface area (Å²) in [6, 6.07) is 11.7. The molecule has 5 heteroatoms. The number of aryl methyl sites for hydroxylation is 1. The van der Waals surface area contributed by atoms with E-state index in [-0.39, 0.29) is 11.3 Å². The van der Waals surface area contributed by atoms with Gasteiger partial charge >= 0.3 is 0 Å². The molecule has 0 spiro atoms. The number of carbonyl (C=O) groups is 1. The van der Waals surface area contributed by atoms with Crippen molar-refractivity contribution in [1.82, 2.24) is 4.98 Å². The van der Waals surface area contributed by atoms with Gasteiger partial charge in [0.05, 0.1) is 10.7 Å².